The molecule has 0 unspecified atom stereocenters. The third-order valence-electron chi connectivity index (χ3n) is 2.57. The van der Waals surface area contributed by atoms with Gasteiger partial charge in [-0.15, -0.1) is 0 Å². The summed E-state index contributed by atoms with van der Waals surface area (Å²) in [7, 11) is 0. The van der Waals surface area contributed by atoms with Crippen LogP contribution in [-0.4, -0.2) is 12.6 Å². The van der Waals surface area contributed by atoms with E-state index < -0.39 is 0 Å². The van der Waals surface area contributed by atoms with Gasteiger partial charge in [-0.1, -0.05) is 32.6 Å². The van der Waals surface area contributed by atoms with Crippen LogP contribution in [0.1, 0.15) is 51.9 Å². The van der Waals surface area contributed by atoms with E-state index in [0.29, 0.717) is 0 Å². The summed E-state index contributed by atoms with van der Waals surface area (Å²) in [5.41, 5.74) is 0. The molecule has 0 spiro atoms. The number of nitrogens with one attached hydrogen (secondary N) is 1. The zero-order valence-corrected chi connectivity index (χ0v) is 7.73. The molecule has 11 heavy (non-hydrogen) atoms. The Labute approximate surface area is 70.6 Å². The summed E-state index contributed by atoms with van der Waals surface area (Å²) in [6.45, 7) is 3.53. The van der Waals surface area contributed by atoms with Gasteiger partial charge in [0.1, 0.15) is 0 Å². The summed E-state index contributed by atoms with van der Waals surface area (Å²) < 4.78 is 0. The Morgan fingerprint density at radius 2 is 2.18 bits per heavy atom. The lowest BCUT2D eigenvalue weighted by atomic mass is 10.1. The first-order valence-corrected chi connectivity index (χ1v) is 5.17. The molecule has 0 bridgehead atoms. The van der Waals surface area contributed by atoms with Gasteiger partial charge >= 0.3 is 0 Å². The summed E-state index contributed by atoms with van der Waals surface area (Å²) in [6, 6.07) is 0.845. The van der Waals surface area contributed by atoms with Crippen LogP contribution in [0, 0.1) is 0 Å². The zero-order chi connectivity index (χ0) is 7.94. The van der Waals surface area contributed by atoms with Gasteiger partial charge in [0.15, 0.2) is 0 Å². The maximum atomic E-state index is 3.62. The maximum Gasteiger partial charge on any atom is 0.00670 e. The minimum Gasteiger partial charge on any atom is -0.314 e. The second-order valence-corrected chi connectivity index (χ2v) is 3.64. The molecular formula is C10H21N. The minimum atomic E-state index is 0.845. The molecule has 0 aromatic rings. The molecule has 1 heteroatoms. The fourth-order valence-corrected chi connectivity index (χ4v) is 1.80. The van der Waals surface area contributed by atoms with Crippen molar-refractivity contribution in [2.75, 3.05) is 6.54 Å². The quantitative estimate of drug-likeness (QED) is 0.660. The zero-order valence-electron chi connectivity index (χ0n) is 7.73. The minimum absolute atomic E-state index is 0.845. The highest BCUT2D eigenvalue weighted by atomic mass is 14.9. The Hall–Kier alpha value is -0.0400. The lowest BCUT2D eigenvalue weighted by Crippen LogP contribution is -2.27. The average Bonchev–Trinajstić information content (AvgIpc) is 2.28. The highest BCUT2D eigenvalue weighted by Crippen LogP contribution is 2.12. The molecule has 1 fully saturated rings. The molecule has 0 radical (unpaired) electrons. The van der Waals surface area contributed by atoms with Gasteiger partial charge in [-0.05, 0) is 25.8 Å². The standard InChI is InChI=1S/C10H21N/c1-2-3-7-10-8-5-4-6-9-11-10/h10-11H,2-9H2,1H3/t10-/m0/s1. The fourth-order valence-electron chi connectivity index (χ4n) is 1.80. The molecule has 0 aromatic carbocycles. The van der Waals surface area contributed by atoms with Gasteiger partial charge < -0.3 is 5.32 Å². The Bertz CT molecular complexity index is 82.9. The third kappa shape index (κ3) is 3.76. The second kappa shape index (κ2) is 5.59. The lowest BCUT2D eigenvalue weighted by molar-refractivity contribution is 0.462. The van der Waals surface area contributed by atoms with Crippen molar-refractivity contribution in [1.29, 1.82) is 0 Å². The smallest absolute Gasteiger partial charge is 0.00670 e. The molecule has 0 saturated carbocycles. The van der Waals surface area contributed by atoms with Crippen molar-refractivity contribution >= 4 is 0 Å². The van der Waals surface area contributed by atoms with Crippen LogP contribution in [0.3, 0.4) is 0 Å². The van der Waals surface area contributed by atoms with Crippen LogP contribution >= 0.6 is 0 Å². The normalized spacial score (nSPS) is 26.5. The van der Waals surface area contributed by atoms with Gasteiger partial charge in [0.25, 0.3) is 0 Å². The first-order chi connectivity index (χ1) is 5.43. The molecule has 0 aliphatic carbocycles. The third-order valence-corrected chi connectivity index (χ3v) is 2.57. The van der Waals surface area contributed by atoms with Crippen LogP contribution in [-0.2, 0) is 0 Å². The van der Waals surface area contributed by atoms with Crippen molar-refractivity contribution in [3.63, 3.8) is 0 Å². The van der Waals surface area contributed by atoms with E-state index >= 15 is 0 Å². The predicted molar refractivity (Wildman–Crippen MR) is 49.8 cm³/mol. The summed E-state index contributed by atoms with van der Waals surface area (Å²) >= 11 is 0. The van der Waals surface area contributed by atoms with Crippen LogP contribution < -0.4 is 5.32 Å². The molecule has 1 atom stereocenters. The molecule has 0 amide bonds. The molecule has 1 aliphatic rings. The number of hydrogen-bond acceptors (Lipinski definition) is 1. The van der Waals surface area contributed by atoms with Gasteiger partial charge in [-0.25, -0.2) is 0 Å². The summed E-state index contributed by atoms with van der Waals surface area (Å²) in [4.78, 5) is 0. The van der Waals surface area contributed by atoms with Crippen molar-refractivity contribution in [3.8, 4) is 0 Å². The monoisotopic (exact) mass is 155 g/mol. The fraction of sp³-hybridized carbons (Fsp3) is 1.00. The first-order valence-electron chi connectivity index (χ1n) is 5.17. The van der Waals surface area contributed by atoms with Crippen molar-refractivity contribution < 1.29 is 0 Å². The number of hydrogen-bond donors (Lipinski definition) is 1. The van der Waals surface area contributed by atoms with Gasteiger partial charge in [-0.3, -0.25) is 0 Å². The largest absolute Gasteiger partial charge is 0.314 e. The van der Waals surface area contributed by atoms with E-state index in [1.807, 2.05) is 0 Å². The summed E-state index contributed by atoms with van der Waals surface area (Å²) in [6.07, 6.45) is 9.84. The molecule has 1 saturated heterocycles. The molecule has 66 valence electrons. The molecular weight excluding hydrogens is 134 g/mol. The molecule has 1 nitrogen and oxygen atoms in total. The molecule has 1 heterocycles. The van der Waals surface area contributed by atoms with Crippen molar-refractivity contribution in [3.05, 3.63) is 0 Å². The summed E-state index contributed by atoms with van der Waals surface area (Å²) in [5, 5.41) is 3.62. The number of rotatable bonds is 3. The highest BCUT2D eigenvalue weighted by Gasteiger charge is 2.09. The van der Waals surface area contributed by atoms with E-state index in [-0.39, 0.29) is 0 Å². The van der Waals surface area contributed by atoms with E-state index in [1.54, 1.807) is 0 Å². The van der Waals surface area contributed by atoms with Crippen LogP contribution in [0.25, 0.3) is 0 Å². The lowest BCUT2D eigenvalue weighted by Gasteiger charge is -2.14. The molecule has 1 N–H and O–H groups in total. The summed E-state index contributed by atoms with van der Waals surface area (Å²) in [5.74, 6) is 0. The highest BCUT2D eigenvalue weighted by molar-refractivity contribution is 4.69. The van der Waals surface area contributed by atoms with E-state index in [2.05, 4.69) is 12.2 Å². The van der Waals surface area contributed by atoms with Gasteiger partial charge in [0.05, 0.1) is 0 Å². The molecule has 1 aliphatic heterocycles. The molecule has 1 rings (SSSR count). The van der Waals surface area contributed by atoms with Crippen molar-refractivity contribution in [2.24, 2.45) is 0 Å². The average molecular weight is 155 g/mol. The Kier molecular flexibility index (Phi) is 4.60. The SMILES string of the molecule is CCCC[C@H]1CCCCCN1. The Morgan fingerprint density at radius 1 is 1.27 bits per heavy atom. The van der Waals surface area contributed by atoms with Crippen LogP contribution in [0.5, 0.6) is 0 Å². The number of unbranched alkanes of at least 4 members (excludes halogenated alkanes) is 1. The van der Waals surface area contributed by atoms with Crippen molar-refractivity contribution in [1.82, 2.24) is 5.32 Å². The van der Waals surface area contributed by atoms with Crippen LogP contribution in [0.15, 0.2) is 0 Å². The van der Waals surface area contributed by atoms with Gasteiger partial charge in [0, 0.05) is 6.04 Å². The molecule has 0 aromatic heterocycles. The van der Waals surface area contributed by atoms with E-state index in [4.69, 9.17) is 0 Å². The van der Waals surface area contributed by atoms with Crippen LogP contribution in [0.4, 0.5) is 0 Å². The van der Waals surface area contributed by atoms with Gasteiger partial charge in [-0.2, -0.15) is 0 Å². The topological polar surface area (TPSA) is 12.0 Å². The Morgan fingerprint density at radius 3 is 3.00 bits per heavy atom. The van der Waals surface area contributed by atoms with Crippen LogP contribution in [0.2, 0.25) is 0 Å². The van der Waals surface area contributed by atoms with E-state index in [9.17, 15) is 0 Å². The Balaban J connectivity index is 2.09. The van der Waals surface area contributed by atoms with E-state index in [1.165, 1.54) is 51.5 Å². The maximum absolute atomic E-state index is 3.62. The first kappa shape index (κ1) is 9.05. The second-order valence-electron chi connectivity index (χ2n) is 3.64. The van der Waals surface area contributed by atoms with E-state index in [0.717, 1.165) is 6.04 Å². The van der Waals surface area contributed by atoms with Crippen molar-refractivity contribution in [2.45, 2.75) is 57.9 Å². The predicted octanol–water partition coefficient (Wildman–Crippen LogP) is 2.71. The van der Waals surface area contributed by atoms with Gasteiger partial charge in [0.2, 0.25) is 0 Å².